The van der Waals surface area contributed by atoms with Crippen molar-refractivity contribution in [3.8, 4) is 0 Å². The molecule has 0 bridgehead atoms. The zero-order chi connectivity index (χ0) is 19.0. The van der Waals surface area contributed by atoms with E-state index < -0.39 is 10.1 Å². The normalized spacial score (nSPS) is 11.5. The molecule has 0 amide bonds. The van der Waals surface area contributed by atoms with Crippen molar-refractivity contribution < 1.29 is 42.5 Å². The van der Waals surface area contributed by atoms with E-state index in [1.807, 2.05) is 12.1 Å². The van der Waals surface area contributed by atoms with Crippen LogP contribution in [0.4, 0.5) is 0 Å². The molecule has 0 aliphatic heterocycles. The molecule has 144 valence electrons. The molecule has 0 atom stereocenters. The summed E-state index contributed by atoms with van der Waals surface area (Å²) < 4.78 is 35.5. The Morgan fingerprint density at radius 2 is 1.44 bits per heavy atom. The first kappa shape index (κ1) is 24.6. The van der Waals surface area contributed by atoms with E-state index in [0.29, 0.717) is 5.39 Å². The van der Waals surface area contributed by atoms with Gasteiger partial charge >= 0.3 is 29.6 Å². The van der Waals surface area contributed by atoms with Crippen LogP contribution in [0.2, 0.25) is 0 Å². The van der Waals surface area contributed by atoms with Gasteiger partial charge in [0, 0.05) is 5.39 Å². The average molecular weight is 399 g/mol. The third-order valence-corrected chi connectivity index (χ3v) is 5.94. The molecule has 2 aromatic rings. The monoisotopic (exact) mass is 398 g/mol. The Bertz CT molecular complexity index is 816. The second-order valence-electron chi connectivity index (χ2n) is 7.13. The van der Waals surface area contributed by atoms with Crippen molar-refractivity contribution in [2.75, 3.05) is 0 Å². The second-order valence-corrected chi connectivity index (χ2v) is 8.48. The average Bonchev–Trinajstić information content (AvgIpc) is 2.61. The molecule has 0 N–H and O–H groups in total. The van der Waals surface area contributed by atoms with Crippen LogP contribution in [0, 0.1) is 0 Å². The Labute approximate surface area is 187 Å². The number of benzene rings is 2. The van der Waals surface area contributed by atoms with Gasteiger partial charge in [0.1, 0.15) is 10.1 Å². The van der Waals surface area contributed by atoms with E-state index >= 15 is 0 Å². The Morgan fingerprint density at radius 1 is 0.815 bits per heavy atom. The molecule has 0 radical (unpaired) electrons. The SMILES string of the molecule is CCCCCCc1ccc2cccc(S(=O)(=O)[O-])c2c1CCCCCC.[Na+]. The van der Waals surface area contributed by atoms with Crippen molar-refractivity contribution in [1.29, 1.82) is 0 Å². The number of fused-ring (bicyclic) bond motifs is 1. The van der Waals surface area contributed by atoms with Gasteiger partial charge in [0.05, 0.1) is 4.90 Å². The summed E-state index contributed by atoms with van der Waals surface area (Å²) in [6.45, 7) is 4.37. The smallest absolute Gasteiger partial charge is 0.744 e. The molecule has 2 aromatic carbocycles. The number of hydrogen-bond acceptors (Lipinski definition) is 3. The maximum Gasteiger partial charge on any atom is 1.00 e. The maximum atomic E-state index is 11.8. The van der Waals surface area contributed by atoms with Gasteiger partial charge in [-0.1, -0.05) is 76.6 Å². The van der Waals surface area contributed by atoms with E-state index in [-0.39, 0.29) is 34.5 Å². The van der Waals surface area contributed by atoms with Crippen LogP contribution in [0.15, 0.2) is 35.2 Å². The van der Waals surface area contributed by atoms with Gasteiger partial charge in [0.25, 0.3) is 0 Å². The summed E-state index contributed by atoms with van der Waals surface area (Å²) in [5, 5.41) is 1.51. The van der Waals surface area contributed by atoms with Gasteiger partial charge in [-0.15, -0.1) is 0 Å². The molecule has 0 spiro atoms. The standard InChI is InChI=1S/C22H32O3S.Na/c1-3-5-7-9-12-18-16-17-19-13-11-15-21(26(23,24)25)22(19)20(18)14-10-8-6-4-2;/h11,13,15-17H,3-10,12,14H2,1-2H3,(H,23,24,25);/q;+1/p-1. The van der Waals surface area contributed by atoms with Crippen LogP contribution in [0.1, 0.15) is 76.3 Å². The van der Waals surface area contributed by atoms with E-state index in [9.17, 15) is 13.0 Å². The first-order chi connectivity index (χ1) is 12.5. The van der Waals surface area contributed by atoms with Gasteiger partial charge in [-0.2, -0.15) is 0 Å². The predicted molar refractivity (Wildman–Crippen MR) is 108 cm³/mol. The molecule has 5 heteroatoms. The zero-order valence-corrected chi connectivity index (χ0v) is 19.9. The number of hydrogen-bond donors (Lipinski definition) is 0. The second kappa shape index (κ2) is 12.2. The molecule has 0 saturated heterocycles. The molecule has 0 heterocycles. The van der Waals surface area contributed by atoms with E-state index in [2.05, 4.69) is 19.9 Å². The molecule has 27 heavy (non-hydrogen) atoms. The minimum absolute atomic E-state index is 0. The maximum absolute atomic E-state index is 11.8. The predicted octanol–water partition coefficient (Wildman–Crippen LogP) is 2.99. The Kier molecular flexibility index (Phi) is 11.2. The molecule has 0 saturated carbocycles. The molecular formula is C22H31NaO3S. The topological polar surface area (TPSA) is 57.2 Å². The number of aryl methyl sites for hydroxylation is 2. The fraction of sp³-hybridized carbons (Fsp3) is 0.545. The van der Waals surface area contributed by atoms with Crippen LogP contribution in [0.25, 0.3) is 10.8 Å². The molecule has 0 unspecified atom stereocenters. The van der Waals surface area contributed by atoms with Crippen LogP contribution in [0.3, 0.4) is 0 Å². The summed E-state index contributed by atoms with van der Waals surface area (Å²) in [4.78, 5) is -0.0594. The summed E-state index contributed by atoms with van der Waals surface area (Å²) in [5.74, 6) is 0. The summed E-state index contributed by atoms with van der Waals surface area (Å²) >= 11 is 0. The van der Waals surface area contributed by atoms with Crippen molar-refractivity contribution in [3.63, 3.8) is 0 Å². The summed E-state index contributed by atoms with van der Waals surface area (Å²) in [7, 11) is -4.48. The molecule has 2 rings (SSSR count). The van der Waals surface area contributed by atoms with Crippen LogP contribution in [-0.4, -0.2) is 13.0 Å². The van der Waals surface area contributed by atoms with E-state index in [1.54, 1.807) is 6.07 Å². The van der Waals surface area contributed by atoms with Gasteiger partial charge in [-0.3, -0.25) is 0 Å². The fourth-order valence-electron chi connectivity index (χ4n) is 3.66. The Hall–Kier alpha value is -0.390. The van der Waals surface area contributed by atoms with Gasteiger partial charge in [-0.25, -0.2) is 8.42 Å². The van der Waals surface area contributed by atoms with E-state index in [1.165, 1.54) is 43.7 Å². The summed E-state index contributed by atoms with van der Waals surface area (Å²) in [6, 6.07) is 9.12. The zero-order valence-electron chi connectivity index (χ0n) is 17.1. The summed E-state index contributed by atoms with van der Waals surface area (Å²) in [5.41, 5.74) is 2.28. The minimum Gasteiger partial charge on any atom is -0.744 e. The van der Waals surface area contributed by atoms with Crippen molar-refractivity contribution in [2.24, 2.45) is 0 Å². The molecular weight excluding hydrogens is 367 g/mol. The van der Waals surface area contributed by atoms with Crippen LogP contribution >= 0.6 is 0 Å². The van der Waals surface area contributed by atoms with Crippen LogP contribution in [-0.2, 0) is 23.0 Å². The number of unbranched alkanes of at least 4 members (excludes halogenated alkanes) is 6. The first-order valence-electron chi connectivity index (χ1n) is 9.98. The van der Waals surface area contributed by atoms with E-state index in [0.717, 1.165) is 43.1 Å². The molecule has 3 nitrogen and oxygen atoms in total. The molecule has 0 aromatic heterocycles. The van der Waals surface area contributed by atoms with E-state index in [4.69, 9.17) is 0 Å². The summed E-state index contributed by atoms with van der Waals surface area (Å²) in [6.07, 6.45) is 11.0. The molecule has 0 aliphatic rings. The fourth-order valence-corrected chi connectivity index (χ4v) is 4.40. The van der Waals surface area contributed by atoms with Gasteiger partial charge in [0.2, 0.25) is 0 Å². The van der Waals surface area contributed by atoms with Crippen molar-refractivity contribution in [2.45, 2.75) is 83.0 Å². The van der Waals surface area contributed by atoms with Crippen molar-refractivity contribution in [3.05, 3.63) is 41.5 Å². The quantitative estimate of drug-likeness (QED) is 0.332. The minimum atomic E-state index is -4.48. The third kappa shape index (κ3) is 7.17. The number of rotatable bonds is 11. The van der Waals surface area contributed by atoms with Gasteiger partial charge < -0.3 is 4.55 Å². The van der Waals surface area contributed by atoms with Crippen LogP contribution < -0.4 is 29.6 Å². The van der Waals surface area contributed by atoms with Gasteiger partial charge in [0.15, 0.2) is 0 Å². The third-order valence-electron chi connectivity index (χ3n) is 5.06. The molecule has 0 fully saturated rings. The van der Waals surface area contributed by atoms with Crippen molar-refractivity contribution in [1.82, 2.24) is 0 Å². The van der Waals surface area contributed by atoms with Crippen LogP contribution in [0.5, 0.6) is 0 Å². The Balaban J connectivity index is 0.00000364. The van der Waals surface area contributed by atoms with Gasteiger partial charge in [-0.05, 0) is 48.3 Å². The first-order valence-corrected chi connectivity index (χ1v) is 11.4. The molecule has 0 aliphatic carbocycles. The van der Waals surface area contributed by atoms with Crippen molar-refractivity contribution >= 4 is 20.9 Å². The Morgan fingerprint density at radius 3 is 2.04 bits per heavy atom. The largest absolute Gasteiger partial charge is 1.00 e.